The van der Waals surface area contributed by atoms with E-state index in [0.717, 1.165) is 0 Å². The van der Waals surface area contributed by atoms with Gasteiger partial charge in [-0.3, -0.25) is 0 Å². The minimum Gasteiger partial charge on any atom is -0.493 e. The molecule has 0 amide bonds. The Labute approximate surface area is 117 Å². The molecule has 20 heavy (non-hydrogen) atoms. The van der Waals surface area contributed by atoms with Crippen LogP contribution in [-0.2, 0) is 9.84 Å². The van der Waals surface area contributed by atoms with Gasteiger partial charge in [0.25, 0.3) is 0 Å². The van der Waals surface area contributed by atoms with E-state index in [-0.39, 0.29) is 18.2 Å². The number of rotatable bonds is 7. The zero-order chi connectivity index (χ0) is 15.2. The van der Waals surface area contributed by atoms with Crippen LogP contribution in [0.4, 0.5) is 0 Å². The summed E-state index contributed by atoms with van der Waals surface area (Å²) in [6.45, 7) is 0.256. The summed E-state index contributed by atoms with van der Waals surface area (Å²) in [7, 11) is -1.52. The molecule has 1 aromatic rings. The Balaban J connectivity index is 2.71. The van der Waals surface area contributed by atoms with Gasteiger partial charge < -0.3 is 20.4 Å². The molecule has 0 aliphatic heterocycles. The minimum atomic E-state index is -2.99. The molecule has 0 atom stereocenters. The SMILES string of the molecule is COc1cc(C(N)=NO)ccc1OCCCS(C)(=O)=O. The monoisotopic (exact) mass is 302 g/mol. The first-order chi connectivity index (χ1) is 9.37. The standard InChI is InChI=1S/C12H18N2O5S/c1-18-11-8-9(12(13)14-15)4-5-10(11)19-6-3-7-20(2,16)17/h4-5,8,15H,3,6-7H2,1-2H3,(H2,13,14). The Morgan fingerprint density at radius 1 is 1.40 bits per heavy atom. The predicted molar refractivity (Wildman–Crippen MR) is 75.3 cm³/mol. The summed E-state index contributed by atoms with van der Waals surface area (Å²) in [6, 6.07) is 4.80. The number of nitrogens with two attached hydrogens (primary N) is 1. The lowest BCUT2D eigenvalue weighted by Gasteiger charge is -2.11. The summed E-state index contributed by atoms with van der Waals surface area (Å²) >= 11 is 0. The van der Waals surface area contributed by atoms with E-state index >= 15 is 0 Å². The Morgan fingerprint density at radius 3 is 2.65 bits per heavy atom. The Kier molecular flexibility index (Phi) is 5.63. The molecule has 0 aromatic heterocycles. The largest absolute Gasteiger partial charge is 0.493 e. The van der Waals surface area contributed by atoms with Gasteiger partial charge in [0, 0.05) is 11.8 Å². The van der Waals surface area contributed by atoms with E-state index in [1.165, 1.54) is 13.4 Å². The van der Waals surface area contributed by atoms with Crippen molar-refractivity contribution in [2.24, 2.45) is 10.9 Å². The van der Waals surface area contributed by atoms with E-state index in [0.29, 0.717) is 23.5 Å². The molecule has 0 spiro atoms. The summed E-state index contributed by atoms with van der Waals surface area (Å²) in [5.41, 5.74) is 5.97. The molecule has 1 rings (SSSR count). The summed E-state index contributed by atoms with van der Waals surface area (Å²) in [5, 5.41) is 11.5. The Bertz CT molecular complexity index is 584. The normalized spacial score (nSPS) is 12.2. The highest BCUT2D eigenvalue weighted by molar-refractivity contribution is 7.90. The summed E-state index contributed by atoms with van der Waals surface area (Å²) < 4.78 is 32.6. The topological polar surface area (TPSA) is 111 Å². The lowest BCUT2D eigenvalue weighted by molar-refractivity contribution is 0.294. The number of benzene rings is 1. The van der Waals surface area contributed by atoms with Crippen LogP contribution in [0.3, 0.4) is 0 Å². The number of sulfone groups is 1. The van der Waals surface area contributed by atoms with E-state index in [9.17, 15) is 8.42 Å². The molecule has 3 N–H and O–H groups in total. The maximum atomic E-state index is 11.0. The van der Waals surface area contributed by atoms with Gasteiger partial charge in [0.15, 0.2) is 17.3 Å². The van der Waals surface area contributed by atoms with Crippen molar-refractivity contribution in [3.05, 3.63) is 23.8 Å². The van der Waals surface area contributed by atoms with Crippen molar-refractivity contribution in [1.82, 2.24) is 0 Å². The number of hydrogen-bond donors (Lipinski definition) is 2. The second kappa shape index (κ2) is 6.99. The zero-order valence-corrected chi connectivity index (χ0v) is 12.2. The van der Waals surface area contributed by atoms with Crippen LogP contribution < -0.4 is 15.2 Å². The van der Waals surface area contributed by atoms with E-state index in [2.05, 4.69) is 5.16 Å². The van der Waals surface area contributed by atoms with E-state index < -0.39 is 9.84 Å². The third kappa shape index (κ3) is 4.96. The van der Waals surface area contributed by atoms with Gasteiger partial charge in [-0.25, -0.2) is 8.42 Å². The molecule has 0 aliphatic carbocycles. The van der Waals surface area contributed by atoms with Crippen LogP contribution in [0.1, 0.15) is 12.0 Å². The van der Waals surface area contributed by atoms with Crippen molar-refractivity contribution < 1.29 is 23.1 Å². The number of nitrogens with zero attached hydrogens (tertiary/aromatic N) is 1. The maximum absolute atomic E-state index is 11.0. The molecule has 0 aliphatic rings. The number of methoxy groups -OCH3 is 1. The highest BCUT2D eigenvalue weighted by Crippen LogP contribution is 2.28. The van der Waals surface area contributed by atoms with Crippen LogP contribution in [0.2, 0.25) is 0 Å². The van der Waals surface area contributed by atoms with Crippen LogP contribution >= 0.6 is 0 Å². The quantitative estimate of drug-likeness (QED) is 0.251. The molecule has 0 unspecified atom stereocenters. The highest BCUT2D eigenvalue weighted by atomic mass is 32.2. The van der Waals surface area contributed by atoms with Crippen LogP contribution in [-0.4, -0.2) is 45.2 Å². The van der Waals surface area contributed by atoms with Crippen molar-refractivity contribution in [1.29, 1.82) is 0 Å². The second-order valence-corrected chi connectivity index (χ2v) is 6.44. The molecule has 112 valence electrons. The van der Waals surface area contributed by atoms with Crippen LogP contribution in [0.5, 0.6) is 11.5 Å². The molecule has 0 saturated carbocycles. The van der Waals surface area contributed by atoms with E-state index in [1.807, 2.05) is 0 Å². The third-order valence-electron chi connectivity index (χ3n) is 2.48. The molecule has 7 nitrogen and oxygen atoms in total. The fraction of sp³-hybridized carbons (Fsp3) is 0.417. The van der Waals surface area contributed by atoms with Gasteiger partial charge in [-0.2, -0.15) is 0 Å². The van der Waals surface area contributed by atoms with E-state index in [4.69, 9.17) is 20.4 Å². The maximum Gasteiger partial charge on any atom is 0.170 e. The Hall–Kier alpha value is -1.96. The molecular formula is C12H18N2O5S. The number of hydrogen-bond acceptors (Lipinski definition) is 6. The highest BCUT2D eigenvalue weighted by Gasteiger charge is 2.09. The fourth-order valence-electron chi connectivity index (χ4n) is 1.51. The molecule has 0 bridgehead atoms. The van der Waals surface area contributed by atoms with Gasteiger partial charge in [-0.05, 0) is 24.6 Å². The average Bonchev–Trinajstić information content (AvgIpc) is 2.41. The smallest absolute Gasteiger partial charge is 0.170 e. The third-order valence-corrected chi connectivity index (χ3v) is 3.51. The number of ether oxygens (including phenoxy) is 2. The summed E-state index contributed by atoms with van der Waals surface area (Å²) in [5.74, 6) is 0.924. The molecule has 0 heterocycles. The van der Waals surface area contributed by atoms with Gasteiger partial charge in [0.1, 0.15) is 9.84 Å². The average molecular weight is 302 g/mol. The van der Waals surface area contributed by atoms with Crippen LogP contribution in [0.25, 0.3) is 0 Å². The molecule has 0 fully saturated rings. The van der Waals surface area contributed by atoms with Crippen molar-refractivity contribution >= 4 is 15.7 Å². The van der Waals surface area contributed by atoms with Crippen molar-refractivity contribution in [2.75, 3.05) is 25.7 Å². The molecular weight excluding hydrogens is 284 g/mol. The van der Waals surface area contributed by atoms with Gasteiger partial charge in [0.2, 0.25) is 0 Å². The predicted octanol–water partition coefficient (Wildman–Crippen LogP) is 0.603. The van der Waals surface area contributed by atoms with Gasteiger partial charge in [-0.1, -0.05) is 5.16 Å². The molecule has 8 heteroatoms. The van der Waals surface area contributed by atoms with Crippen LogP contribution in [0.15, 0.2) is 23.4 Å². The lowest BCUT2D eigenvalue weighted by atomic mass is 10.2. The zero-order valence-electron chi connectivity index (χ0n) is 11.4. The first kappa shape index (κ1) is 16.1. The minimum absolute atomic E-state index is 0.0353. The van der Waals surface area contributed by atoms with Gasteiger partial charge in [-0.15, -0.1) is 0 Å². The van der Waals surface area contributed by atoms with Gasteiger partial charge >= 0.3 is 0 Å². The first-order valence-electron chi connectivity index (χ1n) is 5.84. The molecule has 1 aromatic carbocycles. The summed E-state index contributed by atoms with van der Waals surface area (Å²) in [6.07, 6.45) is 1.57. The summed E-state index contributed by atoms with van der Waals surface area (Å²) in [4.78, 5) is 0. The second-order valence-electron chi connectivity index (χ2n) is 4.18. The number of amidine groups is 1. The first-order valence-corrected chi connectivity index (χ1v) is 7.90. The lowest BCUT2D eigenvalue weighted by Crippen LogP contribution is -2.13. The molecule has 0 saturated heterocycles. The van der Waals surface area contributed by atoms with Crippen molar-refractivity contribution in [3.63, 3.8) is 0 Å². The van der Waals surface area contributed by atoms with Crippen molar-refractivity contribution in [3.8, 4) is 11.5 Å². The molecule has 0 radical (unpaired) electrons. The Morgan fingerprint density at radius 2 is 2.10 bits per heavy atom. The fourth-order valence-corrected chi connectivity index (χ4v) is 2.15. The van der Waals surface area contributed by atoms with Crippen LogP contribution in [0, 0.1) is 0 Å². The van der Waals surface area contributed by atoms with Crippen molar-refractivity contribution in [2.45, 2.75) is 6.42 Å². The van der Waals surface area contributed by atoms with Gasteiger partial charge in [0.05, 0.1) is 19.5 Å². The van der Waals surface area contributed by atoms with E-state index in [1.54, 1.807) is 18.2 Å². The number of oxime groups is 1.